The quantitative estimate of drug-likeness (QED) is 0.508. The normalized spacial score (nSPS) is 14.2. The van der Waals surface area contributed by atoms with Crippen molar-refractivity contribution in [2.45, 2.75) is 38.3 Å². The van der Waals surface area contributed by atoms with E-state index in [2.05, 4.69) is 22.8 Å². The summed E-state index contributed by atoms with van der Waals surface area (Å²) in [5, 5.41) is 14.3. The van der Waals surface area contributed by atoms with Crippen molar-refractivity contribution in [2.24, 2.45) is 5.92 Å². The fraction of sp³-hybridized carbons (Fsp3) is 0.400. The number of aliphatic carboxylic acids is 1. The number of methoxy groups -OCH3 is 1. The molecule has 0 saturated carbocycles. The number of rotatable bonds is 10. The van der Waals surface area contributed by atoms with Crippen molar-refractivity contribution in [3.8, 4) is 11.1 Å². The monoisotopic (exact) mass is 454 g/mol. The highest BCUT2D eigenvalue weighted by Gasteiger charge is 2.29. The molecule has 1 aliphatic carbocycles. The van der Waals surface area contributed by atoms with Crippen LogP contribution in [0, 0.1) is 5.92 Å². The van der Waals surface area contributed by atoms with Crippen LogP contribution < -0.4 is 10.6 Å². The number of alkyl carbamates (subject to hydrolysis) is 1. The second-order valence-electron chi connectivity index (χ2n) is 8.39. The molecule has 3 rings (SSSR count). The minimum atomic E-state index is -1.00. The number of ether oxygens (including phenoxy) is 2. The van der Waals surface area contributed by atoms with E-state index in [1.54, 1.807) is 0 Å². The van der Waals surface area contributed by atoms with Crippen LogP contribution in [0.5, 0.6) is 0 Å². The van der Waals surface area contributed by atoms with Crippen molar-refractivity contribution in [3.63, 3.8) is 0 Å². The lowest BCUT2D eigenvalue weighted by atomic mass is 9.98. The number of hydrogen-bond donors (Lipinski definition) is 3. The Balaban J connectivity index is 1.54. The standard InChI is InChI=1S/C25H30N2O6/c1-15(2)21(12-23(28)29)27-24(30)22(32-3)13-26-25(31)33-14-20-18-10-6-4-8-16(18)17-9-5-7-11-19(17)20/h4-11,15,20-22H,12-14H2,1-3H3,(H,26,31)(H,27,30)(H,28,29). The first kappa shape index (κ1) is 24.3. The van der Waals surface area contributed by atoms with E-state index in [9.17, 15) is 14.4 Å². The molecule has 3 N–H and O–H groups in total. The summed E-state index contributed by atoms with van der Waals surface area (Å²) < 4.78 is 10.7. The molecule has 0 spiro atoms. The molecule has 0 aliphatic heterocycles. The van der Waals surface area contributed by atoms with Crippen molar-refractivity contribution in [1.29, 1.82) is 0 Å². The maximum absolute atomic E-state index is 12.5. The zero-order chi connectivity index (χ0) is 24.0. The molecule has 2 atom stereocenters. The molecule has 0 aromatic heterocycles. The zero-order valence-electron chi connectivity index (χ0n) is 19.0. The van der Waals surface area contributed by atoms with Crippen molar-refractivity contribution < 1.29 is 29.0 Å². The summed E-state index contributed by atoms with van der Waals surface area (Å²) in [6.45, 7) is 3.71. The van der Waals surface area contributed by atoms with Gasteiger partial charge in [0.25, 0.3) is 5.91 Å². The third-order valence-electron chi connectivity index (χ3n) is 5.88. The molecule has 8 heteroatoms. The Morgan fingerprint density at radius 1 is 1.00 bits per heavy atom. The van der Waals surface area contributed by atoms with Gasteiger partial charge in [-0.05, 0) is 28.2 Å². The summed E-state index contributed by atoms with van der Waals surface area (Å²) in [6, 6.07) is 15.6. The van der Waals surface area contributed by atoms with E-state index in [0.717, 1.165) is 22.3 Å². The maximum atomic E-state index is 12.5. The number of benzene rings is 2. The molecule has 0 saturated heterocycles. The van der Waals surface area contributed by atoms with E-state index >= 15 is 0 Å². The minimum absolute atomic E-state index is 0.0625. The predicted molar refractivity (Wildman–Crippen MR) is 123 cm³/mol. The van der Waals surface area contributed by atoms with Gasteiger partial charge in [0, 0.05) is 19.1 Å². The summed E-state index contributed by atoms with van der Waals surface area (Å²) in [7, 11) is 1.35. The minimum Gasteiger partial charge on any atom is -0.481 e. The number of fused-ring (bicyclic) bond motifs is 3. The van der Waals surface area contributed by atoms with Gasteiger partial charge in [0.05, 0.1) is 13.0 Å². The second kappa shape index (κ2) is 11.0. The van der Waals surface area contributed by atoms with Gasteiger partial charge in [-0.2, -0.15) is 0 Å². The van der Waals surface area contributed by atoms with Crippen LogP contribution in [0.4, 0.5) is 4.79 Å². The number of carbonyl (C=O) groups excluding carboxylic acids is 2. The number of hydrogen-bond acceptors (Lipinski definition) is 5. The molecule has 2 aromatic carbocycles. The van der Waals surface area contributed by atoms with E-state index in [1.165, 1.54) is 7.11 Å². The van der Waals surface area contributed by atoms with E-state index < -0.39 is 30.1 Å². The Morgan fingerprint density at radius 2 is 1.58 bits per heavy atom. The molecule has 8 nitrogen and oxygen atoms in total. The molecular formula is C25H30N2O6. The largest absolute Gasteiger partial charge is 0.481 e. The second-order valence-corrected chi connectivity index (χ2v) is 8.39. The number of carboxylic acid groups (broad SMARTS) is 1. The summed E-state index contributed by atoms with van der Waals surface area (Å²) in [5.41, 5.74) is 4.50. The Bertz CT molecular complexity index is 960. The molecule has 1 aliphatic rings. The first-order chi connectivity index (χ1) is 15.8. The number of carboxylic acids is 1. The van der Waals surface area contributed by atoms with Crippen molar-refractivity contribution >= 4 is 18.0 Å². The lowest BCUT2D eigenvalue weighted by molar-refractivity contribution is -0.138. The van der Waals surface area contributed by atoms with Gasteiger partial charge in [-0.15, -0.1) is 0 Å². The maximum Gasteiger partial charge on any atom is 0.407 e. The predicted octanol–water partition coefficient (Wildman–Crippen LogP) is 3.16. The van der Waals surface area contributed by atoms with Crippen LogP contribution in [-0.4, -0.2) is 55.5 Å². The number of amides is 2. The summed E-state index contributed by atoms with van der Waals surface area (Å²) in [6.07, 6.45) is -1.82. The van der Waals surface area contributed by atoms with E-state index in [-0.39, 0.29) is 31.4 Å². The highest BCUT2D eigenvalue weighted by Crippen LogP contribution is 2.44. The Morgan fingerprint density at radius 3 is 2.09 bits per heavy atom. The smallest absolute Gasteiger partial charge is 0.407 e. The third-order valence-corrected chi connectivity index (χ3v) is 5.88. The summed E-state index contributed by atoms with van der Waals surface area (Å²) in [4.78, 5) is 35.9. The molecule has 0 heterocycles. The van der Waals surface area contributed by atoms with Crippen LogP contribution in [0.2, 0.25) is 0 Å². The Labute approximate surface area is 193 Å². The molecular weight excluding hydrogens is 424 g/mol. The van der Waals surface area contributed by atoms with Gasteiger partial charge in [-0.25, -0.2) is 4.79 Å². The van der Waals surface area contributed by atoms with Crippen molar-refractivity contribution in [2.75, 3.05) is 20.3 Å². The van der Waals surface area contributed by atoms with Gasteiger partial charge in [-0.3, -0.25) is 9.59 Å². The van der Waals surface area contributed by atoms with Gasteiger partial charge in [0.1, 0.15) is 6.61 Å². The van der Waals surface area contributed by atoms with Gasteiger partial charge in [0.15, 0.2) is 6.10 Å². The Kier molecular flexibility index (Phi) is 8.06. The number of nitrogens with one attached hydrogen (secondary N) is 2. The highest BCUT2D eigenvalue weighted by atomic mass is 16.5. The summed E-state index contributed by atoms with van der Waals surface area (Å²) >= 11 is 0. The lowest BCUT2D eigenvalue weighted by Crippen LogP contribution is -2.49. The molecule has 2 aromatic rings. The van der Waals surface area contributed by atoms with Gasteiger partial charge in [-0.1, -0.05) is 62.4 Å². The molecule has 176 valence electrons. The average molecular weight is 455 g/mol. The van der Waals surface area contributed by atoms with E-state index in [0.29, 0.717) is 0 Å². The summed E-state index contributed by atoms with van der Waals surface area (Å²) in [5.74, 6) is -1.62. The molecule has 33 heavy (non-hydrogen) atoms. The Hall–Kier alpha value is -3.39. The number of carbonyl (C=O) groups is 3. The van der Waals surface area contributed by atoms with Crippen LogP contribution >= 0.6 is 0 Å². The van der Waals surface area contributed by atoms with Crippen molar-refractivity contribution in [1.82, 2.24) is 10.6 Å². The van der Waals surface area contributed by atoms with Crippen molar-refractivity contribution in [3.05, 3.63) is 59.7 Å². The van der Waals surface area contributed by atoms with Crippen LogP contribution in [-0.2, 0) is 19.1 Å². The van der Waals surface area contributed by atoms with Crippen LogP contribution in [0.15, 0.2) is 48.5 Å². The first-order valence-corrected chi connectivity index (χ1v) is 11.0. The van der Waals surface area contributed by atoms with Gasteiger partial charge >= 0.3 is 12.1 Å². The first-order valence-electron chi connectivity index (χ1n) is 11.0. The fourth-order valence-electron chi connectivity index (χ4n) is 4.03. The van der Waals surface area contributed by atoms with Crippen LogP contribution in [0.3, 0.4) is 0 Å². The van der Waals surface area contributed by atoms with Crippen LogP contribution in [0.1, 0.15) is 37.3 Å². The molecule has 2 unspecified atom stereocenters. The van der Waals surface area contributed by atoms with E-state index in [1.807, 2.05) is 50.2 Å². The molecule has 0 fully saturated rings. The molecule has 2 amide bonds. The molecule has 0 bridgehead atoms. The van der Waals surface area contributed by atoms with Crippen LogP contribution in [0.25, 0.3) is 11.1 Å². The SMILES string of the molecule is COC(CNC(=O)OCC1c2ccccc2-c2ccccc21)C(=O)NC(CC(=O)O)C(C)C. The highest BCUT2D eigenvalue weighted by molar-refractivity contribution is 5.83. The fourth-order valence-corrected chi connectivity index (χ4v) is 4.03. The van der Waals surface area contributed by atoms with Gasteiger partial charge < -0.3 is 25.2 Å². The lowest BCUT2D eigenvalue weighted by Gasteiger charge is -2.24. The topological polar surface area (TPSA) is 114 Å². The third kappa shape index (κ3) is 5.90. The van der Waals surface area contributed by atoms with E-state index in [4.69, 9.17) is 14.6 Å². The molecule has 0 radical (unpaired) electrons. The zero-order valence-corrected chi connectivity index (χ0v) is 19.0. The average Bonchev–Trinajstić information content (AvgIpc) is 3.11. The van der Waals surface area contributed by atoms with Gasteiger partial charge in [0.2, 0.25) is 0 Å².